The van der Waals surface area contributed by atoms with Crippen molar-refractivity contribution in [1.29, 1.82) is 0 Å². The third-order valence-electron chi connectivity index (χ3n) is 5.63. The lowest BCUT2D eigenvalue weighted by Gasteiger charge is -2.44. The predicted octanol–water partition coefficient (Wildman–Crippen LogP) is 2.49. The number of hydrogen-bond acceptors (Lipinski definition) is 4. The highest BCUT2D eigenvalue weighted by Gasteiger charge is 2.51. The first-order chi connectivity index (χ1) is 13.5. The summed E-state index contributed by atoms with van der Waals surface area (Å²) in [4.78, 5) is 29.1. The van der Waals surface area contributed by atoms with Crippen molar-refractivity contribution in [1.82, 2.24) is 19.6 Å². The summed E-state index contributed by atoms with van der Waals surface area (Å²) in [6.45, 7) is 6.51. The molecule has 2 amide bonds. The smallest absolute Gasteiger partial charge is 0.410 e. The first-order valence-electron chi connectivity index (χ1n) is 9.84. The van der Waals surface area contributed by atoms with Crippen molar-refractivity contribution in [2.75, 3.05) is 26.2 Å². The molecule has 28 heavy (non-hydrogen) atoms. The third-order valence-corrected chi connectivity index (χ3v) is 5.63. The van der Waals surface area contributed by atoms with E-state index < -0.39 is 5.54 Å². The zero-order valence-corrected chi connectivity index (χ0v) is 16.4. The number of amides is 2. The van der Waals surface area contributed by atoms with E-state index >= 15 is 0 Å². The largest absolute Gasteiger partial charge is 0.447 e. The molecule has 3 heterocycles. The van der Waals surface area contributed by atoms with Crippen LogP contribution in [0, 0.1) is 6.92 Å². The lowest BCUT2D eigenvalue weighted by atomic mass is 9.88. The third kappa shape index (κ3) is 3.25. The minimum atomic E-state index is -0.514. The van der Waals surface area contributed by atoms with Crippen molar-refractivity contribution in [2.24, 2.45) is 0 Å². The van der Waals surface area contributed by atoms with E-state index in [4.69, 9.17) is 4.74 Å². The van der Waals surface area contributed by atoms with E-state index in [0.717, 1.165) is 24.2 Å². The van der Waals surface area contributed by atoms with E-state index in [2.05, 4.69) is 24.2 Å². The number of benzene rings is 1. The number of aryl methyl sites for hydroxylation is 2. The average Bonchev–Trinajstić information content (AvgIpc) is 3.22. The maximum Gasteiger partial charge on any atom is 0.410 e. The molecule has 0 N–H and O–H groups in total. The first kappa shape index (κ1) is 18.5. The molecule has 2 aliphatic heterocycles. The second-order valence-corrected chi connectivity index (χ2v) is 7.71. The number of carbonyl (C=O) groups excluding carboxylic acids is 2. The second-order valence-electron chi connectivity index (χ2n) is 7.71. The SMILES string of the molecule is CCCn1cc(C(=O)N2CCN3C(=O)OCC3(Cc3ccccc3)C2)c(C)n1. The van der Waals surface area contributed by atoms with Crippen LogP contribution in [0.15, 0.2) is 36.5 Å². The van der Waals surface area contributed by atoms with Gasteiger partial charge in [-0.15, -0.1) is 0 Å². The van der Waals surface area contributed by atoms with Crippen LogP contribution in [0.25, 0.3) is 0 Å². The molecule has 148 valence electrons. The van der Waals surface area contributed by atoms with Gasteiger partial charge in [0, 0.05) is 38.8 Å². The number of piperazine rings is 1. The van der Waals surface area contributed by atoms with Gasteiger partial charge in [0.25, 0.3) is 5.91 Å². The minimum absolute atomic E-state index is 0.0220. The summed E-state index contributed by atoms with van der Waals surface area (Å²) in [7, 11) is 0. The van der Waals surface area contributed by atoms with Gasteiger partial charge < -0.3 is 9.64 Å². The molecule has 2 fully saturated rings. The Kier molecular flexibility index (Phi) is 4.83. The fourth-order valence-electron chi connectivity index (χ4n) is 4.25. The molecule has 1 atom stereocenters. The van der Waals surface area contributed by atoms with E-state index in [1.807, 2.05) is 40.9 Å². The highest BCUT2D eigenvalue weighted by molar-refractivity contribution is 5.95. The number of rotatable bonds is 5. The average molecular weight is 382 g/mol. The number of nitrogens with zero attached hydrogens (tertiary/aromatic N) is 4. The standard InChI is InChI=1S/C21H26N4O3/c1-3-9-24-13-18(16(2)22-24)19(26)23-10-11-25-20(27)28-15-21(25,14-23)12-17-7-5-4-6-8-17/h4-8,13H,3,9-12,14-15H2,1-2H3. The van der Waals surface area contributed by atoms with E-state index in [9.17, 15) is 9.59 Å². The maximum atomic E-state index is 13.2. The lowest BCUT2D eigenvalue weighted by Crippen LogP contribution is -2.63. The summed E-state index contributed by atoms with van der Waals surface area (Å²) in [5.74, 6) is -0.0220. The molecule has 0 saturated carbocycles. The minimum Gasteiger partial charge on any atom is -0.447 e. The number of fused-ring (bicyclic) bond motifs is 1. The second kappa shape index (κ2) is 7.30. The molecule has 0 bridgehead atoms. The molecule has 2 saturated heterocycles. The normalized spacial score (nSPS) is 21.6. The summed E-state index contributed by atoms with van der Waals surface area (Å²) in [5.41, 5.74) is 2.01. The van der Waals surface area contributed by atoms with Crippen LogP contribution in [0.5, 0.6) is 0 Å². The summed E-state index contributed by atoms with van der Waals surface area (Å²) < 4.78 is 7.24. The highest BCUT2D eigenvalue weighted by Crippen LogP contribution is 2.33. The van der Waals surface area contributed by atoms with Crippen LogP contribution >= 0.6 is 0 Å². The molecule has 4 rings (SSSR count). The van der Waals surface area contributed by atoms with E-state index in [1.165, 1.54) is 0 Å². The molecule has 7 heteroatoms. The molecule has 7 nitrogen and oxygen atoms in total. The Morgan fingerprint density at radius 2 is 2.04 bits per heavy atom. The molecule has 0 radical (unpaired) electrons. The fraction of sp³-hybridized carbons (Fsp3) is 0.476. The monoisotopic (exact) mass is 382 g/mol. The van der Waals surface area contributed by atoms with Crippen LogP contribution in [0.2, 0.25) is 0 Å². The Hall–Kier alpha value is -2.83. The van der Waals surface area contributed by atoms with Gasteiger partial charge in [0.1, 0.15) is 12.1 Å². The molecule has 2 aromatic rings. The van der Waals surface area contributed by atoms with Gasteiger partial charge in [-0.2, -0.15) is 5.10 Å². The van der Waals surface area contributed by atoms with Crippen LogP contribution in [-0.4, -0.2) is 63.4 Å². The van der Waals surface area contributed by atoms with Gasteiger partial charge in [-0.25, -0.2) is 4.79 Å². The van der Waals surface area contributed by atoms with Gasteiger partial charge in [-0.1, -0.05) is 37.3 Å². The van der Waals surface area contributed by atoms with Gasteiger partial charge >= 0.3 is 6.09 Å². The molecule has 1 aromatic carbocycles. The molecule has 0 aliphatic carbocycles. The topological polar surface area (TPSA) is 67.7 Å². The van der Waals surface area contributed by atoms with Crippen LogP contribution in [0.4, 0.5) is 4.79 Å². The Morgan fingerprint density at radius 1 is 1.25 bits per heavy atom. The van der Waals surface area contributed by atoms with Crippen LogP contribution in [0.1, 0.15) is 35.0 Å². The zero-order valence-electron chi connectivity index (χ0n) is 16.4. The Morgan fingerprint density at radius 3 is 2.79 bits per heavy atom. The van der Waals surface area contributed by atoms with Crippen molar-refractivity contribution < 1.29 is 14.3 Å². The first-order valence-corrected chi connectivity index (χ1v) is 9.84. The van der Waals surface area contributed by atoms with Gasteiger partial charge in [0.2, 0.25) is 0 Å². The van der Waals surface area contributed by atoms with Crippen LogP contribution in [-0.2, 0) is 17.7 Å². The van der Waals surface area contributed by atoms with Crippen molar-refractivity contribution in [3.05, 3.63) is 53.3 Å². The Balaban J connectivity index is 1.59. The predicted molar refractivity (Wildman–Crippen MR) is 104 cm³/mol. The quantitative estimate of drug-likeness (QED) is 0.797. The van der Waals surface area contributed by atoms with E-state index in [1.54, 1.807) is 4.90 Å². The number of cyclic esters (lactones) is 1. The van der Waals surface area contributed by atoms with Crippen LogP contribution < -0.4 is 0 Å². The zero-order chi connectivity index (χ0) is 19.7. The van der Waals surface area contributed by atoms with Gasteiger partial charge in [0.15, 0.2) is 0 Å². The summed E-state index contributed by atoms with van der Waals surface area (Å²) in [5, 5.41) is 4.46. The van der Waals surface area contributed by atoms with Gasteiger partial charge in [0.05, 0.1) is 11.3 Å². The molecule has 1 aromatic heterocycles. The number of hydrogen-bond donors (Lipinski definition) is 0. The molecule has 0 spiro atoms. The van der Waals surface area contributed by atoms with Crippen molar-refractivity contribution in [3.8, 4) is 0 Å². The Labute approximate surface area is 164 Å². The van der Waals surface area contributed by atoms with Gasteiger partial charge in [-0.3, -0.25) is 14.4 Å². The summed E-state index contributed by atoms with van der Waals surface area (Å²) in [6, 6.07) is 10.1. The molecular weight excluding hydrogens is 356 g/mol. The molecule has 1 unspecified atom stereocenters. The van der Waals surface area contributed by atoms with Crippen molar-refractivity contribution in [2.45, 2.75) is 38.8 Å². The van der Waals surface area contributed by atoms with E-state index in [-0.39, 0.29) is 12.0 Å². The summed E-state index contributed by atoms with van der Waals surface area (Å²) >= 11 is 0. The Bertz CT molecular complexity index is 879. The number of carbonyl (C=O) groups is 2. The van der Waals surface area contributed by atoms with Gasteiger partial charge in [-0.05, 0) is 18.9 Å². The van der Waals surface area contributed by atoms with E-state index in [0.29, 0.717) is 38.2 Å². The number of aromatic nitrogens is 2. The molecular formula is C21H26N4O3. The highest BCUT2D eigenvalue weighted by atomic mass is 16.6. The fourth-order valence-corrected chi connectivity index (χ4v) is 4.25. The maximum absolute atomic E-state index is 13.2. The number of ether oxygens (including phenoxy) is 1. The molecule has 2 aliphatic rings. The summed E-state index contributed by atoms with van der Waals surface area (Å²) in [6.07, 6.45) is 3.19. The lowest BCUT2D eigenvalue weighted by molar-refractivity contribution is 0.0375. The van der Waals surface area contributed by atoms with Crippen molar-refractivity contribution >= 4 is 12.0 Å². The van der Waals surface area contributed by atoms with Crippen LogP contribution in [0.3, 0.4) is 0 Å². The van der Waals surface area contributed by atoms with Crippen molar-refractivity contribution in [3.63, 3.8) is 0 Å².